The SMILES string of the molecule is COc1csc(-c2nnnn2CC(C)CC(=O)O)c1. The molecule has 0 fully saturated rings. The summed E-state index contributed by atoms with van der Waals surface area (Å²) in [6.45, 7) is 2.32. The van der Waals surface area contributed by atoms with Gasteiger partial charge in [0.05, 0.1) is 12.0 Å². The van der Waals surface area contributed by atoms with Crippen LogP contribution >= 0.6 is 11.3 Å². The zero-order valence-corrected chi connectivity index (χ0v) is 11.4. The van der Waals surface area contributed by atoms with E-state index in [0.717, 1.165) is 10.6 Å². The second-order valence-corrected chi connectivity index (χ2v) is 5.15. The van der Waals surface area contributed by atoms with Crippen LogP contribution in [0.5, 0.6) is 5.75 Å². The van der Waals surface area contributed by atoms with Crippen LogP contribution in [0.15, 0.2) is 11.4 Å². The molecule has 0 spiro atoms. The van der Waals surface area contributed by atoms with Gasteiger partial charge < -0.3 is 9.84 Å². The fraction of sp³-hybridized carbons (Fsp3) is 0.455. The lowest BCUT2D eigenvalue weighted by molar-refractivity contribution is -0.138. The van der Waals surface area contributed by atoms with E-state index in [9.17, 15) is 4.79 Å². The second-order valence-electron chi connectivity index (χ2n) is 4.24. The lowest BCUT2D eigenvalue weighted by Crippen LogP contribution is -2.13. The number of tetrazole rings is 1. The van der Waals surface area contributed by atoms with Crippen molar-refractivity contribution in [3.63, 3.8) is 0 Å². The number of aromatic nitrogens is 4. The van der Waals surface area contributed by atoms with Crippen LogP contribution in [0.4, 0.5) is 0 Å². The van der Waals surface area contributed by atoms with Crippen molar-refractivity contribution >= 4 is 17.3 Å². The largest absolute Gasteiger partial charge is 0.496 e. The van der Waals surface area contributed by atoms with Crippen LogP contribution in [0.3, 0.4) is 0 Å². The molecule has 2 aromatic heterocycles. The first-order valence-electron chi connectivity index (χ1n) is 5.71. The molecule has 0 saturated heterocycles. The molecule has 0 bridgehead atoms. The highest BCUT2D eigenvalue weighted by molar-refractivity contribution is 7.13. The summed E-state index contributed by atoms with van der Waals surface area (Å²) in [7, 11) is 1.60. The number of aliphatic carboxylic acids is 1. The molecule has 0 aliphatic carbocycles. The summed E-state index contributed by atoms with van der Waals surface area (Å²) < 4.78 is 6.75. The Hall–Kier alpha value is -1.96. The minimum Gasteiger partial charge on any atom is -0.496 e. The molecule has 7 nitrogen and oxygen atoms in total. The Morgan fingerprint density at radius 3 is 3.05 bits per heavy atom. The summed E-state index contributed by atoms with van der Waals surface area (Å²) in [5.41, 5.74) is 0. The molecule has 2 aromatic rings. The molecule has 0 radical (unpaired) electrons. The normalized spacial score (nSPS) is 12.3. The molecule has 19 heavy (non-hydrogen) atoms. The van der Waals surface area contributed by atoms with Gasteiger partial charge in [-0.25, -0.2) is 4.68 Å². The minimum absolute atomic E-state index is 0.0402. The Balaban J connectivity index is 2.15. The molecule has 0 aliphatic rings. The number of carbonyl (C=O) groups is 1. The summed E-state index contributed by atoms with van der Waals surface area (Å²) in [5, 5.41) is 22.2. The highest BCUT2D eigenvalue weighted by atomic mass is 32.1. The summed E-state index contributed by atoms with van der Waals surface area (Å²) >= 11 is 1.48. The van der Waals surface area contributed by atoms with Crippen molar-refractivity contribution in [3.05, 3.63) is 11.4 Å². The fourth-order valence-corrected chi connectivity index (χ4v) is 2.55. The zero-order chi connectivity index (χ0) is 13.8. The molecule has 2 rings (SSSR count). The van der Waals surface area contributed by atoms with E-state index in [0.29, 0.717) is 12.4 Å². The third-order valence-corrected chi connectivity index (χ3v) is 3.48. The van der Waals surface area contributed by atoms with Gasteiger partial charge >= 0.3 is 5.97 Å². The smallest absolute Gasteiger partial charge is 0.303 e. The molecular formula is C11H14N4O3S. The summed E-state index contributed by atoms with van der Waals surface area (Å²) in [5.74, 6) is 0.528. The number of rotatable bonds is 6. The van der Waals surface area contributed by atoms with Gasteiger partial charge in [-0.3, -0.25) is 4.79 Å². The van der Waals surface area contributed by atoms with Gasteiger partial charge in [0.1, 0.15) is 5.75 Å². The predicted molar refractivity (Wildman–Crippen MR) is 69.1 cm³/mol. The third-order valence-electron chi connectivity index (χ3n) is 2.57. The average Bonchev–Trinajstić information content (AvgIpc) is 2.95. The molecule has 1 N–H and O–H groups in total. The minimum atomic E-state index is -0.820. The summed E-state index contributed by atoms with van der Waals surface area (Å²) in [6, 6.07) is 1.86. The molecule has 1 atom stereocenters. The molecular weight excluding hydrogens is 268 g/mol. The maximum absolute atomic E-state index is 10.7. The number of carboxylic acid groups (broad SMARTS) is 1. The van der Waals surface area contributed by atoms with E-state index in [2.05, 4.69) is 15.5 Å². The van der Waals surface area contributed by atoms with Gasteiger partial charge in [-0.2, -0.15) is 0 Å². The van der Waals surface area contributed by atoms with Crippen molar-refractivity contribution < 1.29 is 14.6 Å². The molecule has 102 valence electrons. The second kappa shape index (κ2) is 5.79. The van der Waals surface area contributed by atoms with E-state index in [-0.39, 0.29) is 12.3 Å². The van der Waals surface area contributed by atoms with Gasteiger partial charge in [0.25, 0.3) is 0 Å². The first-order valence-corrected chi connectivity index (χ1v) is 6.59. The van der Waals surface area contributed by atoms with Crippen molar-refractivity contribution in [2.45, 2.75) is 19.9 Å². The van der Waals surface area contributed by atoms with Gasteiger partial charge in [-0.05, 0) is 16.3 Å². The first kappa shape index (κ1) is 13.5. The van der Waals surface area contributed by atoms with Gasteiger partial charge in [0, 0.05) is 24.4 Å². The third kappa shape index (κ3) is 3.28. The standard InChI is InChI=1S/C11H14N4O3S/c1-7(3-10(16)17)5-15-11(12-13-14-15)9-4-8(18-2)6-19-9/h4,6-7H,3,5H2,1-2H3,(H,16,17). The van der Waals surface area contributed by atoms with Crippen molar-refractivity contribution in [2.75, 3.05) is 7.11 Å². The maximum Gasteiger partial charge on any atom is 0.303 e. The van der Waals surface area contributed by atoms with Crippen molar-refractivity contribution in [1.82, 2.24) is 20.2 Å². The number of nitrogens with zero attached hydrogens (tertiary/aromatic N) is 4. The Kier molecular flexibility index (Phi) is 4.10. The highest BCUT2D eigenvalue weighted by Gasteiger charge is 2.15. The number of hydrogen-bond acceptors (Lipinski definition) is 6. The molecule has 1 unspecified atom stereocenters. The zero-order valence-electron chi connectivity index (χ0n) is 10.6. The van der Waals surface area contributed by atoms with E-state index in [4.69, 9.17) is 9.84 Å². The van der Waals surface area contributed by atoms with E-state index in [1.807, 2.05) is 18.4 Å². The lowest BCUT2D eigenvalue weighted by Gasteiger charge is -2.08. The highest BCUT2D eigenvalue weighted by Crippen LogP contribution is 2.29. The molecule has 0 amide bonds. The molecule has 8 heteroatoms. The Bertz CT molecular complexity index is 566. The Labute approximate surface area is 113 Å². The topological polar surface area (TPSA) is 90.1 Å². The average molecular weight is 282 g/mol. The van der Waals surface area contributed by atoms with Crippen LogP contribution in [-0.4, -0.2) is 38.4 Å². The molecule has 0 saturated carbocycles. The van der Waals surface area contributed by atoms with Crippen molar-refractivity contribution in [2.24, 2.45) is 5.92 Å². The maximum atomic E-state index is 10.7. The van der Waals surface area contributed by atoms with Crippen LogP contribution in [0, 0.1) is 5.92 Å². The van der Waals surface area contributed by atoms with Gasteiger partial charge in [-0.1, -0.05) is 6.92 Å². The predicted octanol–water partition coefficient (Wildman–Crippen LogP) is 1.52. The number of ether oxygens (including phenoxy) is 1. The van der Waals surface area contributed by atoms with Crippen LogP contribution in [0.25, 0.3) is 10.7 Å². The van der Waals surface area contributed by atoms with E-state index < -0.39 is 5.97 Å². The summed E-state index contributed by atoms with van der Waals surface area (Å²) in [4.78, 5) is 11.6. The van der Waals surface area contributed by atoms with Gasteiger partial charge in [0.15, 0.2) is 5.82 Å². The monoisotopic (exact) mass is 282 g/mol. The van der Waals surface area contributed by atoms with Crippen LogP contribution in [0.1, 0.15) is 13.3 Å². The lowest BCUT2D eigenvalue weighted by atomic mass is 10.1. The van der Waals surface area contributed by atoms with Gasteiger partial charge in [-0.15, -0.1) is 16.4 Å². The Morgan fingerprint density at radius 1 is 1.63 bits per heavy atom. The van der Waals surface area contributed by atoms with Gasteiger partial charge in [0.2, 0.25) is 0 Å². The van der Waals surface area contributed by atoms with Crippen molar-refractivity contribution in [1.29, 1.82) is 0 Å². The van der Waals surface area contributed by atoms with Crippen LogP contribution < -0.4 is 4.74 Å². The molecule has 0 aromatic carbocycles. The van der Waals surface area contributed by atoms with Crippen molar-refractivity contribution in [3.8, 4) is 16.5 Å². The van der Waals surface area contributed by atoms with Crippen LogP contribution in [0.2, 0.25) is 0 Å². The van der Waals surface area contributed by atoms with E-state index >= 15 is 0 Å². The van der Waals surface area contributed by atoms with Crippen LogP contribution in [-0.2, 0) is 11.3 Å². The number of methoxy groups -OCH3 is 1. The first-order chi connectivity index (χ1) is 9.10. The van der Waals surface area contributed by atoms with E-state index in [1.165, 1.54) is 11.3 Å². The van der Waals surface area contributed by atoms with E-state index in [1.54, 1.807) is 11.8 Å². The number of hydrogen-bond donors (Lipinski definition) is 1. The Morgan fingerprint density at radius 2 is 2.42 bits per heavy atom. The molecule has 2 heterocycles. The number of carboxylic acids is 1. The quantitative estimate of drug-likeness (QED) is 0.864. The summed E-state index contributed by atoms with van der Waals surface area (Å²) in [6.07, 6.45) is 0.0903. The fourth-order valence-electron chi connectivity index (χ4n) is 1.71. The number of thiophene rings is 1. The molecule has 0 aliphatic heterocycles.